The van der Waals surface area contributed by atoms with Crippen molar-refractivity contribution in [3.05, 3.63) is 66.1 Å². The maximum atomic E-state index is 5.91. The number of hydrogen-bond donors (Lipinski definition) is 1. The van der Waals surface area contributed by atoms with Gasteiger partial charge in [0.05, 0.1) is 18.2 Å². The van der Waals surface area contributed by atoms with E-state index in [1.165, 1.54) is 0 Å². The molecular weight excluding hydrogens is 258 g/mol. The summed E-state index contributed by atoms with van der Waals surface area (Å²) in [5, 5.41) is 0.721. The molecule has 0 saturated carbocycles. The molecular formula is C15H12ClN3. The summed E-state index contributed by atoms with van der Waals surface area (Å²) in [7, 11) is 0. The van der Waals surface area contributed by atoms with E-state index < -0.39 is 0 Å². The first-order valence-corrected chi connectivity index (χ1v) is 6.26. The van der Waals surface area contributed by atoms with Gasteiger partial charge < -0.3 is 5.73 Å². The number of imidazole rings is 1. The number of anilines is 1. The quantitative estimate of drug-likeness (QED) is 0.720. The molecule has 0 amide bonds. The Bertz CT molecular complexity index is 701. The van der Waals surface area contributed by atoms with Crippen LogP contribution in [0.3, 0.4) is 0 Å². The van der Waals surface area contributed by atoms with Crippen LogP contribution in [-0.2, 0) is 0 Å². The molecule has 0 spiro atoms. The van der Waals surface area contributed by atoms with E-state index in [2.05, 4.69) is 4.98 Å². The largest absolute Gasteiger partial charge is 0.399 e. The number of halogens is 1. The molecule has 0 radical (unpaired) electrons. The number of nitrogen functional groups attached to an aromatic ring is 1. The van der Waals surface area contributed by atoms with Gasteiger partial charge in [0.2, 0.25) is 0 Å². The van der Waals surface area contributed by atoms with Gasteiger partial charge in [0.1, 0.15) is 0 Å². The third kappa shape index (κ3) is 2.33. The molecule has 0 fully saturated rings. The highest BCUT2D eigenvalue weighted by Gasteiger charge is 2.07. The Morgan fingerprint density at radius 1 is 1.05 bits per heavy atom. The van der Waals surface area contributed by atoms with Crippen molar-refractivity contribution in [3.8, 4) is 16.9 Å². The second-order valence-corrected chi connectivity index (χ2v) is 4.69. The van der Waals surface area contributed by atoms with E-state index in [4.69, 9.17) is 17.3 Å². The van der Waals surface area contributed by atoms with Gasteiger partial charge in [-0.1, -0.05) is 29.8 Å². The number of rotatable bonds is 2. The minimum absolute atomic E-state index is 0.721. The number of nitrogens with two attached hydrogens (primary N) is 1. The van der Waals surface area contributed by atoms with E-state index in [0.29, 0.717) is 0 Å². The van der Waals surface area contributed by atoms with Crippen molar-refractivity contribution >= 4 is 17.3 Å². The van der Waals surface area contributed by atoms with Crippen LogP contribution in [0.5, 0.6) is 0 Å². The molecule has 2 aromatic carbocycles. The number of hydrogen-bond acceptors (Lipinski definition) is 2. The van der Waals surface area contributed by atoms with Gasteiger partial charge in [-0.2, -0.15) is 0 Å². The summed E-state index contributed by atoms with van der Waals surface area (Å²) >= 11 is 5.91. The van der Waals surface area contributed by atoms with Gasteiger partial charge in [-0.15, -0.1) is 0 Å². The lowest BCUT2D eigenvalue weighted by atomic mass is 10.1. The maximum Gasteiger partial charge on any atom is 0.0997 e. The van der Waals surface area contributed by atoms with Crippen LogP contribution in [0, 0.1) is 0 Å². The summed E-state index contributed by atoms with van der Waals surface area (Å²) in [4.78, 5) is 4.22. The highest BCUT2D eigenvalue weighted by atomic mass is 35.5. The lowest BCUT2D eigenvalue weighted by Gasteiger charge is -2.09. The van der Waals surface area contributed by atoms with Gasteiger partial charge in [0.25, 0.3) is 0 Å². The first-order valence-electron chi connectivity index (χ1n) is 5.88. The highest BCUT2D eigenvalue weighted by molar-refractivity contribution is 6.30. The minimum atomic E-state index is 0.721. The minimum Gasteiger partial charge on any atom is -0.399 e. The zero-order valence-electron chi connectivity index (χ0n) is 10.1. The monoisotopic (exact) mass is 269 g/mol. The molecule has 1 aromatic heterocycles. The molecule has 3 nitrogen and oxygen atoms in total. The Morgan fingerprint density at radius 2 is 1.84 bits per heavy atom. The van der Waals surface area contributed by atoms with E-state index in [9.17, 15) is 0 Å². The van der Waals surface area contributed by atoms with Crippen LogP contribution in [0.15, 0.2) is 61.1 Å². The summed E-state index contributed by atoms with van der Waals surface area (Å²) in [5.41, 5.74) is 9.60. The van der Waals surface area contributed by atoms with Crippen LogP contribution in [0.1, 0.15) is 0 Å². The van der Waals surface area contributed by atoms with Crippen LogP contribution >= 0.6 is 11.6 Å². The van der Waals surface area contributed by atoms with E-state index in [1.54, 1.807) is 6.33 Å². The molecule has 3 aromatic rings. The summed E-state index contributed by atoms with van der Waals surface area (Å²) in [5.74, 6) is 0. The molecule has 0 aliphatic carbocycles. The second-order valence-electron chi connectivity index (χ2n) is 4.25. The average molecular weight is 270 g/mol. The van der Waals surface area contributed by atoms with Crippen LogP contribution < -0.4 is 5.73 Å². The lowest BCUT2D eigenvalue weighted by molar-refractivity contribution is 1.06. The smallest absolute Gasteiger partial charge is 0.0997 e. The van der Waals surface area contributed by atoms with Gasteiger partial charge in [0.15, 0.2) is 0 Å². The molecule has 2 N–H and O–H groups in total. The zero-order valence-corrected chi connectivity index (χ0v) is 10.9. The van der Waals surface area contributed by atoms with Gasteiger partial charge in [-0.3, -0.25) is 4.57 Å². The fourth-order valence-electron chi connectivity index (χ4n) is 2.01. The van der Waals surface area contributed by atoms with Gasteiger partial charge >= 0.3 is 0 Å². The molecule has 0 aliphatic rings. The molecule has 19 heavy (non-hydrogen) atoms. The third-order valence-corrected chi connectivity index (χ3v) is 3.18. The molecule has 94 valence electrons. The fourth-order valence-corrected chi connectivity index (χ4v) is 2.14. The molecule has 3 rings (SSSR count). The topological polar surface area (TPSA) is 43.8 Å². The Balaban J connectivity index is 2.10. The van der Waals surface area contributed by atoms with Gasteiger partial charge in [0, 0.05) is 22.0 Å². The van der Waals surface area contributed by atoms with Crippen molar-refractivity contribution in [2.45, 2.75) is 0 Å². The Labute approximate surface area is 116 Å². The van der Waals surface area contributed by atoms with Gasteiger partial charge in [-0.05, 0) is 30.3 Å². The van der Waals surface area contributed by atoms with Crippen LogP contribution in [-0.4, -0.2) is 9.55 Å². The summed E-state index contributed by atoms with van der Waals surface area (Å²) in [6.07, 6.45) is 3.60. The predicted octanol–water partition coefficient (Wildman–Crippen LogP) is 3.77. The van der Waals surface area contributed by atoms with Crippen molar-refractivity contribution < 1.29 is 0 Å². The maximum absolute atomic E-state index is 5.91. The molecule has 0 aliphatic heterocycles. The molecule has 0 saturated heterocycles. The first-order chi connectivity index (χ1) is 9.24. The predicted molar refractivity (Wildman–Crippen MR) is 78.4 cm³/mol. The Kier molecular flexibility index (Phi) is 2.97. The SMILES string of the molecule is Nc1cccc(-n2cncc2-c2ccc(Cl)cc2)c1. The van der Waals surface area contributed by atoms with Crippen molar-refractivity contribution in [3.63, 3.8) is 0 Å². The van der Waals surface area contributed by atoms with E-state index in [0.717, 1.165) is 27.7 Å². The standard InChI is InChI=1S/C15H12ClN3/c16-12-6-4-11(5-7-12)15-9-18-10-19(15)14-3-1-2-13(17)8-14/h1-10H,17H2. The lowest BCUT2D eigenvalue weighted by Crippen LogP contribution is -1.96. The van der Waals surface area contributed by atoms with Crippen molar-refractivity contribution in [1.82, 2.24) is 9.55 Å². The molecule has 0 atom stereocenters. The number of aromatic nitrogens is 2. The third-order valence-electron chi connectivity index (χ3n) is 2.93. The summed E-state index contributed by atoms with van der Waals surface area (Å²) in [6.45, 7) is 0. The first kappa shape index (κ1) is 11.8. The Hall–Kier alpha value is -2.26. The molecule has 0 bridgehead atoms. The van der Waals surface area contributed by atoms with Crippen molar-refractivity contribution in [2.24, 2.45) is 0 Å². The van der Waals surface area contributed by atoms with Crippen LogP contribution in [0.4, 0.5) is 5.69 Å². The molecule has 4 heteroatoms. The average Bonchev–Trinajstić information content (AvgIpc) is 2.89. The van der Waals surface area contributed by atoms with E-state index >= 15 is 0 Å². The highest BCUT2D eigenvalue weighted by Crippen LogP contribution is 2.24. The van der Waals surface area contributed by atoms with Crippen molar-refractivity contribution in [2.75, 3.05) is 5.73 Å². The van der Waals surface area contributed by atoms with Crippen molar-refractivity contribution in [1.29, 1.82) is 0 Å². The van der Waals surface area contributed by atoms with Crippen LogP contribution in [0.2, 0.25) is 5.02 Å². The zero-order chi connectivity index (χ0) is 13.2. The molecule has 1 heterocycles. The van der Waals surface area contributed by atoms with E-state index in [1.807, 2.05) is 59.3 Å². The van der Waals surface area contributed by atoms with Gasteiger partial charge in [-0.25, -0.2) is 4.98 Å². The Morgan fingerprint density at radius 3 is 2.58 bits per heavy atom. The summed E-state index contributed by atoms with van der Waals surface area (Å²) < 4.78 is 2.00. The normalized spacial score (nSPS) is 10.6. The fraction of sp³-hybridized carbons (Fsp3) is 0. The molecule has 0 unspecified atom stereocenters. The number of nitrogens with zero attached hydrogens (tertiary/aromatic N) is 2. The number of benzene rings is 2. The van der Waals surface area contributed by atoms with Crippen LogP contribution in [0.25, 0.3) is 16.9 Å². The second kappa shape index (κ2) is 4.78. The van der Waals surface area contributed by atoms with E-state index in [-0.39, 0.29) is 0 Å². The summed E-state index contributed by atoms with van der Waals surface area (Å²) in [6, 6.07) is 15.4.